The maximum absolute atomic E-state index is 12.8. The molecule has 2 aromatic rings. The fourth-order valence-electron chi connectivity index (χ4n) is 4.16. The number of nitrogens with zero attached hydrogens (tertiary/aromatic N) is 1. The van der Waals surface area contributed by atoms with Crippen molar-refractivity contribution in [1.82, 2.24) is 4.90 Å². The summed E-state index contributed by atoms with van der Waals surface area (Å²) in [6.07, 6.45) is 0.976. The molecular weight excluding hydrogens is 378 g/mol. The van der Waals surface area contributed by atoms with Crippen LogP contribution in [0.25, 0.3) is 0 Å². The van der Waals surface area contributed by atoms with Crippen LogP contribution in [-0.4, -0.2) is 46.7 Å². The summed E-state index contributed by atoms with van der Waals surface area (Å²) in [5, 5.41) is 10.2. The molecule has 1 N–H and O–H groups in total. The molecule has 5 nitrogen and oxygen atoms in total. The van der Waals surface area contributed by atoms with Crippen LogP contribution in [0.4, 0.5) is 0 Å². The Morgan fingerprint density at radius 3 is 2.40 bits per heavy atom. The highest BCUT2D eigenvalue weighted by molar-refractivity contribution is 6.44. The van der Waals surface area contributed by atoms with Gasteiger partial charge in [0, 0.05) is 24.2 Å². The first-order valence-corrected chi connectivity index (χ1v) is 10.3. The van der Waals surface area contributed by atoms with Gasteiger partial charge in [-0.1, -0.05) is 36.1 Å². The SMILES string of the molecule is O=C(C(=O)[C@@H](O)C(=O)N1CCCC1)C1CCc2cc(C#Cc3ccccc3)ccc21. The number of aliphatic hydroxyl groups excluding tert-OH is 1. The van der Waals surface area contributed by atoms with Crippen molar-refractivity contribution in [3.63, 3.8) is 0 Å². The van der Waals surface area contributed by atoms with Crippen molar-refractivity contribution in [2.75, 3.05) is 13.1 Å². The minimum Gasteiger partial charge on any atom is -0.376 e. The number of amides is 1. The molecule has 1 aliphatic heterocycles. The number of hydrogen-bond acceptors (Lipinski definition) is 4. The number of fused-ring (bicyclic) bond motifs is 1. The van der Waals surface area contributed by atoms with Gasteiger partial charge in [0.05, 0.1) is 5.92 Å². The standard InChI is InChI=1S/C25H23NO4/c27-22(23(28)24(29)25(30)26-14-4-5-15-26)21-13-11-19-16-18(10-12-20(19)21)9-8-17-6-2-1-3-7-17/h1-3,6-7,10,12,16,21,24,29H,4-5,11,13-15H2/t21?,24-/m1/s1. The second kappa shape index (κ2) is 8.64. The molecule has 4 rings (SSSR count). The van der Waals surface area contributed by atoms with E-state index < -0.39 is 29.5 Å². The van der Waals surface area contributed by atoms with Gasteiger partial charge in [-0.3, -0.25) is 14.4 Å². The summed E-state index contributed by atoms with van der Waals surface area (Å²) in [5.74, 6) is 3.29. The van der Waals surface area contributed by atoms with Gasteiger partial charge in [0.25, 0.3) is 5.91 Å². The van der Waals surface area contributed by atoms with Crippen molar-refractivity contribution in [2.24, 2.45) is 0 Å². The molecule has 1 aliphatic carbocycles. The van der Waals surface area contributed by atoms with E-state index in [9.17, 15) is 19.5 Å². The molecule has 1 heterocycles. The molecular formula is C25H23NO4. The quantitative estimate of drug-likeness (QED) is 0.484. The Bertz CT molecular complexity index is 1040. The van der Waals surface area contributed by atoms with E-state index in [1.54, 1.807) is 0 Å². The van der Waals surface area contributed by atoms with Gasteiger partial charge in [-0.05, 0) is 61.1 Å². The maximum atomic E-state index is 12.8. The van der Waals surface area contributed by atoms with E-state index >= 15 is 0 Å². The predicted octanol–water partition coefficient (Wildman–Crippen LogP) is 2.24. The molecule has 1 saturated heterocycles. The Labute approximate surface area is 175 Å². The molecule has 2 aliphatic rings. The molecule has 152 valence electrons. The molecule has 1 fully saturated rings. The summed E-state index contributed by atoms with van der Waals surface area (Å²) in [6.45, 7) is 1.05. The summed E-state index contributed by atoms with van der Waals surface area (Å²) in [5.41, 5.74) is 3.55. The largest absolute Gasteiger partial charge is 0.376 e. The molecule has 0 saturated carbocycles. The number of ketones is 2. The number of aryl methyl sites for hydroxylation is 1. The third-order valence-electron chi connectivity index (χ3n) is 5.81. The predicted molar refractivity (Wildman–Crippen MR) is 112 cm³/mol. The minimum absolute atomic E-state index is 0.500. The number of benzene rings is 2. The lowest BCUT2D eigenvalue weighted by Crippen LogP contribution is -2.45. The lowest BCUT2D eigenvalue weighted by atomic mass is 9.91. The minimum atomic E-state index is -1.89. The molecule has 2 atom stereocenters. The molecule has 0 bridgehead atoms. The Morgan fingerprint density at radius 1 is 0.967 bits per heavy atom. The van der Waals surface area contributed by atoms with Crippen LogP contribution in [0.5, 0.6) is 0 Å². The molecule has 1 unspecified atom stereocenters. The number of Topliss-reactive ketones (excluding diaryl/α,β-unsaturated/α-hetero) is 2. The van der Waals surface area contributed by atoms with Crippen molar-refractivity contribution in [3.05, 3.63) is 70.8 Å². The topological polar surface area (TPSA) is 74.7 Å². The lowest BCUT2D eigenvalue weighted by Gasteiger charge is -2.19. The van der Waals surface area contributed by atoms with Gasteiger partial charge in [-0.15, -0.1) is 0 Å². The first kappa shape index (κ1) is 20.1. The summed E-state index contributed by atoms with van der Waals surface area (Å²) >= 11 is 0. The Balaban J connectivity index is 1.47. The summed E-state index contributed by atoms with van der Waals surface area (Å²) in [6, 6.07) is 15.3. The van der Waals surface area contributed by atoms with Gasteiger partial charge in [0.2, 0.25) is 11.6 Å². The molecule has 2 aromatic carbocycles. The number of carbonyl (C=O) groups excluding carboxylic acids is 3. The maximum Gasteiger partial charge on any atom is 0.259 e. The first-order chi connectivity index (χ1) is 14.5. The van der Waals surface area contributed by atoms with Crippen molar-refractivity contribution in [3.8, 4) is 11.8 Å². The monoisotopic (exact) mass is 401 g/mol. The van der Waals surface area contributed by atoms with E-state index in [1.807, 2.05) is 48.5 Å². The van der Waals surface area contributed by atoms with E-state index in [0.717, 1.165) is 35.1 Å². The second-order valence-electron chi connectivity index (χ2n) is 7.78. The third-order valence-corrected chi connectivity index (χ3v) is 5.81. The molecule has 0 aromatic heterocycles. The van der Waals surface area contributed by atoms with Crippen LogP contribution >= 0.6 is 0 Å². The molecule has 5 heteroatoms. The third kappa shape index (κ3) is 4.05. The average Bonchev–Trinajstić information content (AvgIpc) is 3.46. The van der Waals surface area contributed by atoms with E-state index in [2.05, 4.69) is 11.8 Å². The Hall–Kier alpha value is -3.23. The van der Waals surface area contributed by atoms with Crippen molar-refractivity contribution < 1.29 is 19.5 Å². The fraction of sp³-hybridized carbons (Fsp3) is 0.320. The second-order valence-corrected chi connectivity index (χ2v) is 7.78. The van der Waals surface area contributed by atoms with E-state index in [4.69, 9.17) is 0 Å². The van der Waals surface area contributed by atoms with Gasteiger partial charge < -0.3 is 10.0 Å². The lowest BCUT2D eigenvalue weighted by molar-refractivity contribution is -0.151. The Morgan fingerprint density at radius 2 is 1.67 bits per heavy atom. The molecule has 30 heavy (non-hydrogen) atoms. The highest BCUT2D eigenvalue weighted by Gasteiger charge is 2.39. The molecule has 0 radical (unpaired) electrons. The van der Waals surface area contributed by atoms with E-state index in [1.165, 1.54) is 4.90 Å². The van der Waals surface area contributed by atoms with Crippen LogP contribution in [0.2, 0.25) is 0 Å². The van der Waals surface area contributed by atoms with Crippen molar-refractivity contribution >= 4 is 17.5 Å². The van der Waals surface area contributed by atoms with Crippen LogP contribution in [0.3, 0.4) is 0 Å². The molecule has 1 amide bonds. The van der Waals surface area contributed by atoms with E-state index in [0.29, 0.717) is 25.9 Å². The van der Waals surface area contributed by atoms with Crippen LogP contribution in [-0.2, 0) is 20.8 Å². The van der Waals surface area contributed by atoms with Crippen LogP contribution in [0.15, 0.2) is 48.5 Å². The fourth-order valence-corrected chi connectivity index (χ4v) is 4.16. The van der Waals surface area contributed by atoms with Gasteiger partial charge in [0.15, 0.2) is 6.10 Å². The zero-order valence-electron chi connectivity index (χ0n) is 16.6. The van der Waals surface area contributed by atoms with Gasteiger partial charge in [-0.25, -0.2) is 0 Å². The smallest absolute Gasteiger partial charge is 0.259 e. The zero-order chi connectivity index (χ0) is 21.1. The number of aliphatic hydroxyl groups is 1. The average molecular weight is 401 g/mol. The normalized spacial score (nSPS) is 18.3. The summed E-state index contributed by atoms with van der Waals surface area (Å²) < 4.78 is 0. The van der Waals surface area contributed by atoms with Crippen LogP contribution in [0, 0.1) is 11.8 Å². The number of rotatable bonds is 4. The van der Waals surface area contributed by atoms with Gasteiger partial charge >= 0.3 is 0 Å². The number of likely N-dealkylation sites (tertiary alicyclic amines) is 1. The summed E-state index contributed by atoms with van der Waals surface area (Å²) in [7, 11) is 0. The summed E-state index contributed by atoms with van der Waals surface area (Å²) in [4.78, 5) is 39.0. The first-order valence-electron chi connectivity index (χ1n) is 10.3. The number of hydrogen-bond donors (Lipinski definition) is 1. The van der Waals surface area contributed by atoms with Crippen LogP contribution < -0.4 is 0 Å². The highest BCUT2D eigenvalue weighted by atomic mass is 16.3. The zero-order valence-corrected chi connectivity index (χ0v) is 16.6. The van der Waals surface area contributed by atoms with Crippen LogP contribution in [0.1, 0.15) is 47.4 Å². The molecule has 0 spiro atoms. The number of carbonyl (C=O) groups is 3. The van der Waals surface area contributed by atoms with Gasteiger partial charge in [0.1, 0.15) is 0 Å². The van der Waals surface area contributed by atoms with Crippen molar-refractivity contribution in [1.29, 1.82) is 0 Å². The van der Waals surface area contributed by atoms with Crippen molar-refractivity contribution in [2.45, 2.75) is 37.7 Å². The van der Waals surface area contributed by atoms with E-state index in [-0.39, 0.29) is 0 Å². The Kier molecular flexibility index (Phi) is 5.78. The van der Waals surface area contributed by atoms with Gasteiger partial charge in [-0.2, -0.15) is 0 Å². The highest BCUT2D eigenvalue weighted by Crippen LogP contribution is 2.34.